The first-order valence-electron chi connectivity index (χ1n) is 5.35. The minimum Gasteiger partial charge on any atom is -0.494 e. The predicted molar refractivity (Wildman–Crippen MR) is 61.9 cm³/mol. The molecule has 0 saturated carbocycles. The molecule has 0 fully saturated rings. The van der Waals surface area contributed by atoms with Gasteiger partial charge in [0.25, 0.3) is 5.91 Å². The number of ether oxygens (including phenoxy) is 2. The van der Waals surface area contributed by atoms with Gasteiger partial charge in [-0.15, -0.1) is 0 Å². The van der Waals surface area contributed by atoms with Crippen LogP contribution in [0.15, 0.2) is 18.2 Å². The number of benzene rings is 1. The maximum Gasteiger partial charge on any atom is 0.325 e. The van der Waals surface area contributed by atoms with Crippen LogP contribution in [0.2, 0.25) is 0 Å². The maximum atomic E-state index is 13.1. The number of methoxy groups -OCH3 is 1. The number of hydrogen-bond donors (Lipinski definition) is 1. The van der Waals surface area contributed by atoms with Crippen molar-refractivity contribution in [2.45, 2.75) is 6.92 Å². The SMILES string of the molecule is CCOC(=O)CNC(=O)c1ccc(F)c(OC)c1. The van der Waals surface area contributed by atoms with Gasteiger partial charge in [0.2, 0.25) is 0 Å². The molecule has 0 spiro atoms. The van der Waals surface area contributed by atoms with Crippen molar-refractivity contribution < 1.29 is 23.5 Å². The Balaban J connectivity index is 2.64. The molecule has 1 aromatic carbocycles. The lowest BCUT2D eigenvalue weighted by molar-refractivity contribution is -0.141. The second-order valence-electron chi connectivity index (χ2n) is 3.34. The van der Waals surface area contributed by atoms with Crippen molar-refractivity contribution in [2.24, 2.45) is 0 Å². The lowest BCUT2D eigenvalue weighted by Crippen LogP contribution is -2.30. The molecule has 0 atom stereocenters. The van der Waals surface area contributed by atoms with E-state index >= 15 is 0 Å². The lowest BCUT2D eigenvalue weighted by atomic mass is 10.2. The van der Waals surface area contributed by atoms with Crippen LogP contribution in [-0.2, 0) is 9.53 Å². The molecule has 0 unspecified atom stereocenters. The Hall–Kier alpha value is -2.11. The van der Waals surface area contributed by atoms with E-state index < -0.39 is 17.7 Å². The molecule has 5 nitrogen and oxygen atoms in total. The number of carbonyl (C=O) groups excluding carboxylic acids is 2. The Morgan fingerprint density at radius 3 is 2.72 bits per heavy atom. The van der Waals surface area contributed by atoms with Gasteiger partial charge in [0, 0.05) is 5.56 Å². The third-order valence-corrected chi connectivity index (χ3v) is 2.11. The number of amides is 1. The molecule has 0 aromatic heterocycles. The van der Waals surface area contributed by atoms with Gasteiger partial charge in [0.1, 0.15) is 6.54 Å². The van der Waals surface area contributed by atoms with E-state index in [2.05, 4.69) is 10.1 Å². The highest BCUT2D eigenvalue weighted by Gasteiger charge is 2.11. The van der Waals surface area contributed by atoms with Crippen LogP contribution >= 0.6 is 0 Å². The molecular formula is C12H14FNO4. The van der Waals surface area contributed by atoms with E-state index in [1.807, 2.05) is 0 Å². The summed E-state index contributed by atoms with van der Waals surface area (Å²) in [7, 11) is 1.30. The van der Waals surface area contributed by atoms with Crippen LogP contribution in [0.5, 0.6) is 5.75 Å². The molecule has 0 bridgehead atoms. The second kappa shape index (κ2) is 6.58. The third kappa shape index (κ3) is 3.73. The second-order valence-corrected chi connectivity index (χ2v) is 3.34. The number of carbonyl (C=O) groups is 2. The fourth-order valence-electron chi connectivity index (χ4n) is 1.27. The van der Waals surface area contributed by atoms with Gasteiger partial charge < -0.3 is 14.8 Å². The molecule has 0 heterocycles. The summed E-state index contributed by atoms with van der Waals surface area (Å²) < 4.78 is 22.5. The molecule has 18 heavy (non-hydrogen) atoms. The topological polar surface area (TPSA) is 64.6 Å². The van der Waals surface area contributed by atoms with Crippen LogP contribution in [0.25, 0.3) is 0 Å². The monoisotopic (exact) mass is 255 g/mol. The first-order valence-corrected chi connectivity index (χ1v) is 5.35. The van der Waals surface area contributed by atoms with Gasteiger partial charge in [-0.1, -0.05) is 0 Å². The number of esters is 1. The molecule has 0 saturated heterocycles. The minimum absolute atomic E-state index is 0.0289. The molecule has 1 amide bonds. The first-order chi connectivity index (χ1) is 8.58. The van der Waals surface area contributed by atoms with Crippen molar-refractivity contribution in [2.75, 3.05) is 20.3 Å². The Morgan fingerprint density at radius 2 is 2.11 bits per heavy atom. The quantitative estimate of drug-likeness (QED) is 0.801. The van der Waals surface area contributed by atoms with E-state index in [4.69, 9.17) is 4.74 Å². The normalized spacial score (nSPS) is 9.72. The van der Waals surface area contributed by atoms with Crippen molar-refractivity contribution >= 4 is 11.9 Å². The molecule has 0 radical (unpaired) electrons. The van der Waals surface area contributed by atoms with Crippen molar-refractivity contribution in [1.29, 1.82) is 0 Å². The first kappa shape index (κ1) is 14.0. The molecule has 1 N–H and O–H groups in total. The molecule has 0 aliphatic rings. The molecule has 98 valence electrons. The summed E-state index contributed by atoms with van der Waals surface area (Å²) >= 11 is 0. The van der Waals surface area contributed by atoms with E-state index in [9.17, 15) is 14.0 Å². The van der Waals surface area contributed by atoms with E-state index in [1.54, 1.807) is 6.92 Å². The smallest absolute Gasteiger partial charge is 0.325 e. The predicted octanol–water partition coefficient (Wildman–Crippen LogP) is 1.13. The highest BCUT2D eigenvalue weighted by molar-refractivity contribution is 5.96. The van der Waals surface area contributed by atoms with Crippen LogP contribution in [0.4, 0.5) is 4.39 Å². The summed E-state index contributed by atoms with van der Waals surface area (Å²) in [5.74, 6) is -1.61. The number of halogens is 1. The van der Waals surface area contributed by atoms with Gasteiger partial charge in [-0.05, 0) is 25.1 Å². The Labute approximate surface area is 104 Å². The van der Waals surface area contributed by atoms with Crippen LogP contribution < -0.4 is 10.1 Å². The standard InChI is InChI=1S/C12H14FNO4/c1-3-18-11(15)7-14-12(16)8-4-5-9(13)10(6-8)17-2/h4-6H,3,7H2,1-2H3,(H,14,16). The summed E-state index contributed by atoms with van der Waals surface area (Å²) in [5, 5.41) is 2.36. The van der Waals surface area contributed by atoms with Gasteiger partial charge in [-0.2, -0.15) is 0 Å². The largest absolute Gasteiger partial charge is 0.494 e. The average Bonchev–Trinajstić information content (AvgIpc) is 2.37. The number of hydrogen-bond acceptors (Lipinski definition) is 4. The Morgan fingerprint density at radius 1 is 1.39 bits per heavy atom. The summed E-state index contributed by atoms with van der Waals surface area (Å²) in [4.78, 5) is 22.7. The zero-order valence-electron chi connectivity index (χ0n) is 10.2. The molecule has 0 aliphatic heterocycles. The highest BCUT2D eigenvalue weighted by atomic mass is 19.1. The maximum absolute atomic E-state index is 13.1. The molecule has 6 heteroatoms. The number of rotatable bonds is 5. The zero-order chi connectivity index (χ0) is 13.5. The van der Waals surface area contributed by atoms with E-state index in [0.29, 0.717) is 0 Å². The van der Waals surface area contributed by atoms with Crippen molar-refractivity contribution in [3.63, 3.8) is 0 Å². The van der Waals surface area contributed by atoms with Gasteiger partial charge in [-0.25, -0.2) is 4.39 Å². The molecular weight excluding hydrogens is 241 g/mol. The van der Waals surface area contributed by atoms with Crippen LogP contribution in [0, 0.1) is 5.82 Å². The minimum atomic E-state index is -0.556. The summed E-state index contributed by atoms with van der Waals surface area (Å²) in [6, 6.07) is 3.69. The van der Waals surface area contributed by atoms with Crippen LogP contribution in [0.1, 0.15) is 17.3 Å². The van der Waals surface area contributed by atoms with Gasteiger partial charge in [0.15, 0.2) is 11.6 Å². The van der Waals surface area contributed by atoms with Crippen molar-refractivity contribution in [3.05, 3.63) is 29.6 Å². The summed E-state index contributed by atoms with van der Waals surface area (Å²) in [5.41, 5.74) is 0.206. The lowest BCUT2D eigenvalue weighted by Gasteiger charge is -2.07. The van der Waals surface area contributed by atoms with Crippen molar-refractivity contribution in [1.82, 2.24) is 5.32 Å². The summed E-state index contributed by atoms with van der Waals surface area (Å²) in [6.07, 6.45) is 0. The fraction of sp³-hybridized carbons (Fsp3) is 0.333. The fourth-order valence-corrected chi connectivity index (χ4v) is 1.27. The average molecular weight is 255 g/mol. The molecule has 0 aliphatic carbocycles. The third-order valence-electron chi connectivity index (χ3n) is 2.11. The highest BCUT2D eigenvalue weighted by Crippen LogP contribution is 2.17. The Kier molecular flexibility index (Phi) is 5.10. The van der Waals surface area contributed by atoms with Gasteiger partial charge >= 0.3 is 5.97 Å². The van der Waals surface area contributed by atoms with Crippen LogP contribution in [0.3, 0.4) is 0 Å². The van der Waals surface area contributed by atoms with Crippen LogP contribution in [-0.4, -0.2) is 32.1 Å². The molecule has 1 rings (SSSR count). The van der Waals surface area contributed by atoms with E-state index in [1.165, 1.54) is 19.2 Å². The molecule has 1 aromatic rings. The summed E-state index contributed by atoms with van der Waals surface area (Å²) in [6.45, 7) is 1.69. The Bertz CT molecular complexity index is 448. The van der Waals surface area contributed by atoms with Crippen molar-refractivity contribution in [3.8, 4) is 5.75 Å². The van der Waals surface area contributed by atoms with E-state index in [-0.39, 0.29) is 24.5 Å². The number of nitrogens with one attached hydrogen (secondary N) is 1. The zero-order valence-corrected chi connectivity index (χ0v) is 10.2. The van der Waals surface area contributed by atoms with Gasteiger partial charge in [-0.3, -0.25) is 9.59 Å². The van der Waals surface area contributed by atoms with E-state index in [0.717, 1.165) is 6.07 Å². The van der Waals surface area contributed by atoms with Gasteiger partial charge in [0.05, 0.1) is 13.7 Å².